The van der Waals surface area contributed by atoms with E-state index < -0.39 is 12.3 Å². The summed E-state index contributed by atoms with van der Waals surface area (Å²) in [5.41, 5.74) is 4.29. The van der Waals surface area contributed by atoms with Gasteiger partial charge in [-0.3, -0.25) is 4.40 Å². The molecular weight excluding hydrogens is 417 g/mol. The summed E-state index contributed by atoms with van der Waals surface area (Å²) in [6.07, 6.45) is 1.12. The summed E-state index contributed by atoms with van der Waals surface area (Å²) < 4.78 is 22.4. The molecule has 5 aromatic rings. The van der Waals surface area contributed by atoms with E-state index in [9.17, 15) is 4.39 Å². The molecular formula is C26H22FN5O. The van der Waals surface area contributed by atoms with Gasteiger partial charge < -0.3 is 10.1 Å². The van der Waals surface area contributed by atoms with E-state index in [0.717, 1.165) is 28.7 Å². The first-order valence-corrected chi connectivity index (χ1v) is 11.1. The lowest BCUT2D eigenvalue weighted by atomic mass is 10.1. The smallest absolute Gasteiger partial charge is 0.187 e. The lowest BCUT2D eigenvalue weighted by Gasteiger charge is -2.27. The molecule has 2 aromatic carbocycles. The molecule has 0 saturated carbocycles. The third-order valence-electron chi connectivity index (χ3n) is 6.05. The summed E-state index contributed by atoms with van der Waals surface area (Å²) in [6.45, 7) is 1.05. The molecule has 4 heterocycles. The van der Waals surface area contributed by atoms with Gasteiger partial charge in [0.25, 0.3) is 0 Å². The Hall–Kier alpha value is -3.84. The molecule has 0 radical (unpaired) electrons. The summed E-state index contributed by atoms with van der Waals surface area (Å²) in [5.74, 6) is 1.23. The summed E-state index contributed by atoms with van der Waals surface area (Å²) in [6, 6.07) is 23.8. The van der Waals surface area contributed by atoms with Crippen molar-refractivity contribution in [1.82, 2.24) is 24.9 Å². The molecule has 2 atom stereocenters. The number of para-hydroxylation sites is 1. The van der Waals surface area contributed by atoms with Crippen LogP contribution in [0.15, 0.2) is 79.0 Å². The van der Waals surface area contributed by atoms with E-state index >= 15 is 0 Å². The summed E-state index contributed by atoms with van der Waals surface area (Å²) in [7, 11) is 0. The Morgan fingerprint density at radius 2 is 1.82 bits per heavy atom. The first kappa shape index (κ1) is 19.8. The van der Waals surface area contributed by atoms with E-state index in [0.29, 0.717) is 35.8 Å². The Labute approximate surface area is 190 Å². The van der Waals surface area contributed by atoms with Crippen molar-refractivity contribution < 1.29 is 9.13 Å². The number of alkyl halides is 1. The number of hydrogen-bond acceptors (Lipinski definition) is 5. The predicted molar refractivity (Wildman–Crippen MR) is 126 cm³/mol. The average molecular weight is 439 g/mol. The van der Waals surface area contributed by atoms with Gasteiger partial charge in [0.05, 0.1) is 0 Å². The molecule has 0 amide bonds. The largest absolute Gasteiger partial charge is 0.485 e. The number of pyridine rings is 2. The van der Waals surface area contributed by atoms with Crippen molar-refractivity contribution in [3.05, 3.63) is 79.0 Å². The molecule has 0 spiro atoms. The number of rotatable bonds is 4. The molecule has 6 nitrogen and oxygen atoms in total. The van der Waals surface area contributed by atoms with Crippen LogP contribution in [0.1, 0.15) is 6.42 Å². The van der Waals surface area contributed by atoms with Crippen LogP contribution in [-0.2, 0) is 0 Å². The van der Waals surface area contributed by atoms with Crippen LogP contribution >= 0.6 is 0 Å². The first-order valence-electron chi connectivity index (χ1n) is 11.1. The number of halogens is 1. The molecule has 0 unspecified atom stereocenters. The zero-order valence-electron chi connectivity index (χ0n) is 17.9. The number of benzene rings is 2. The van der Waals surface area contributed by atoms with E-state index in [1.54, 1.807) is 0 Å². The van der Waals surface area contributed by atoms with Gasteiger partial charge in [-0.15, -0.1) is 10.2 Å². The van der Waals surface area contributed by atoms with Gasteiger partial charge in [-0.05, 0) is 48.4 Å². The zero-order chi connectivity index (χ0) is 22.2. The van der Waals surface area contributed by atoms with Crippen LogP contribution in [0.3, 0.4) is 0 Å². The summed E-state index contributed by atoms with van der Waals surface area (Å²) in [5, 5.41) is 12.7. The molecule has 6 rings (SSSR count). The number of aromatic nitrogens is 4. The number of nitrogens with zero attached hydrogens (tertiary/aromatic N) is 4. The second kappa shape index (κ2) is 8.26. The van der Waals surface area contributed by atoms with Gasteiger partial charge in [-0.1, -0.05) is 48.5 Å². The van der Waals surface area contributed by atoms with Gasteiger partial charge in [0.2, 0.25) is 0 Å². The topological polar surface area (TPSA) is 64.3 Å². The Morgan fingerprint density at radius 3 is 2.70 bits per heavy atom. The monoisotopic (exact) mass is 439 g/mol. The van der Waals surface area contributed by atoms with Crippen LogP contribution in [0.4, 0.5) is 4.39 Å². The van der Waals surface area contributed by atoms with E-state index in [1.165, 1.54) is 0 Å². The maximum atomic E-state index is 14.4. The van der Waals surface area contributed by atoms with Crippen molar-refractivity contribution in [2.45, 2.75) is 18.7 Å². The molecule has 7 heteroatoms. The van der Waals surface area contributed by atoms with Gasteiger partial charge in [-0.25, -0.2) is 9.37 Å². The molecule has 1 fully saturated rings. The molecule has 164 valence electrons. The highest BCUT2D eigenvalue weighted by Crippen LogP contribution is 2.30. The number of piperidine rings is 1. The quantitative estimate of drug-likeness (QED) is 0.440. The maximum Gasteiger partial charge on any atom is 0.187 e. The van der Waals surface area contributed by atoms with E-state index in [4.69, 9.17) is 9.72 Å². The minimum Gasteiger partial charge on any atom is -0.485 e. The third-order valence-corrected chi connectivity index (χ3v) is 6.05. The van der Waals surface area contributed by atoms with Crippen molar-refractivity contribution >= 4 is 16.6 Å². The van der Waals surface area contributed by atoms with Gasteiger partial charge in [0.15, 0.2) is 11.5 Å². The fourth-order valence-corrected chi connectivity index (χ4v) is 4.30. The second-order valence-corrected chi connectivity index (χ2v) is 8.23. The number of nitrogens with one attached hydrogen (secondary N) is 1. The van der Waals surface area contributed by atoms with Crippen LogP contribution in [0.2, 0.25) is 0 Å². The Kier molecular flexibility index (Phi) is 4.96. The maximum absolute atomic E-state index is 14.4. The van der Waals surface area contributed by atoms with Crippen LogP contribution in [-0.4, -0.2) is 44.9 Å². The average Bonchev–Trinajstić information content (AvgIpc) is 3.29. The Balaban J connectivity index is 1.42. The third kappa shape index (κ3) is 3.70. The molecule has 3 aromatic heterocycles. The van der Waals surface area contributed by atoms with E-state index in [-0.39, 0.29) is 0 Å². The fraction of sp³-hybridized carbons (Fsp3) is 0.192. The molecule has 1 N–H and O–H groups in total. The van der Waals surface area contributed by atoms with Crippen LogP contribution < -0.4 is 10.1 Å². The number of fused-ring (bicyclic) bond motifs is 2. The highest BCUT2D eigenvalue weighted by molar-refractivity contribution is 5.86. The normalized spacial score (nSPS) is 18.6. The Morgan fingerprint density at radius 1 is 0.909 bits per heavy atom. The Bertz CT molecular complexity index is 1440. The molecule has 1 saturated heterocycles. The van der Waals surface area contributed by atoms with Crippen molar-refractivity contribution in [1.29, 1.82) is 0 Å². The zero-order valence-corrected chi connectivity index (χ0v) is 17.9. The number of ether oxygens (including phenoxy) is 1. The van der Waals surface area contributed by atoms with E-state index in [1.807, 2.05) is 71.3 Å². The van der Waals surface area contributed by atoms with Crippen molar-refractivity contribution in [2.75, 3.05) is 13.1 Å². The summed E-state index contributed by atoms with van der Waals surface area (Å²) >= 11 is 0. The minimum absolute atomic E-state index is 0.309. The van der Waals surface area contributed by atoms with Gasteiger partial charge in [-0.2, -0.15) is 0 Å². The van der Waals surface area contributed by atoms with Crippen molar-refractivity contribution in [3.63, 3.8) is 0 Å². The highest BCUT2D eigenvalue weighted by atomic mass is 19.1. The van der Waals surface area contributed by atoms with Crippen LogP contribution in [0, 0.1) is 0 Å². The van der Waals surface area contributed by atoms with E-state index in [2.05, 4.69) is 27.6 Å². The van der Waals surface area contributed by atoms with Crippen LogP contribution in [0.25, 0.3) is 39.2 Å². The van der Waals surface area contributed by atoms with Gasteiger partial charge in [0, 0.05) is 18.1 Å². The molecule has 1 aliphatic rings. The minimum atomic E-state index is -1.05. The fourth-order valence-electron chi connectivity index (χ4n) is 4.30. The molecule has 33 heavy (non-hydrogen) atoms. The molecule has 1 aliphatic heterocycles. The lowest BCUT2D eigenvalue weighted by Crippen LogP contribution is -2.44. The SMILES string of the molecule is F[C@H]1CNCC[C@H]1Oc1cccc2ccc(-c3nnc4ccc(-c5ccccc5)cn34)nc12. The van der Waals surface area contributed by atoms with Crippen molar-refractivity contribution in [3.8, 4) is 28.4 Å². The van der Waals surface area contributed by atoms with Gasteiger partial charge >= 0.3 is 0 Å². The second-order valence-electron chi connectivity index (χ2n) is 8.23. The lowest BCUT2D eigenvalue weighted by molar-refractivity contribution is 0.0742. The number of hydrogen-bond donors (Lipinski definition) is 1. The van der Waals surface area contributed by atoms with Crippen molar-refractivity contribution in [2.24, 2.45) is 0 Å². The summed E-state index contributed by atoms with van der Waals surface area (Å²) in [4.78, 5) is 4.87. The standard InChI is InChI=1S/C26H22FN5O/c27-20-15-28-14-13-22(20)33-23-8-4-7-18-9-11-21(29-25(18)23)26-31-30-24-12-10-19(16-32(24)26)17-5-2-1-3-6-17/h1-12,16,20,22,28H,13-15H2/t20-,22+/m0/s1. The first-order chi connectivity index (χ1) is 16.3. The molecule has 0 bridgehead atoms. The highest BCUT2D eigenvalue weighted by Gasteiger charge is 2.27. The van der Waals surface area contributed by atoms with Crippen LogP contribution in [0.5, 0.6) is 5.75 Å². The molecule has 0 aliphatic carbocycles. The van der Waals surface area contributed by atoms with Gasteiger partial charge in [0.1, 0.15) is 29.2 Å². The predicted octanol–water partition coefficient (Wildman–Crippen LogP) is 4.69.